The lowest BCUT2D eigenvalue weighted by Crippen LogP contribution is -2.13. The summed E-state index contributed by atoms with van der Waals surface area (Å²) in [5, 5.41) is 2.33. The maximum atomic E-state index is 11.5. The van der Waals surface area contributed by atoms with E-state index in [1.54, 1.807) is 0 Å². The molecule has 228 valence electrons. The number of aldehydes is 4. The molecule has 2 aliphatic carbocycles. The predicted octanol–water partition coefficient (Wildman–Crippen LogP) is 9.24. The number of rotatable bonds is 8. The summed E-state index contributed by atoms with van der Waals surface area (Å²) < 4.78 is 0. The van der Waals surface area contributed by atoms with Crippen molar-refractivity contribution in [2.45, 2.75) is 11.8 Å². The molecule has 0 heterocycles. The van der Waals surface area contributed by atoms with Gasteiger partial charge in [-0.1, -0.05) is 133 Å². The van der Waals surface area contributed by atoms with Gasteiger partial charge in [0.15, 0.2) is 0 Å². The minimum atomic E-state index is -0.0881. The number of carbonyl (C=O) groups excluding carboxylic acids is 4. The Morgan fingerprint density at radius 3 is 0.979 bits per heavy atom. The normalized spacial score (nSPS) is 16.1. The van der Waals surface area contributed by atoms with Crippen molar-refractivity contribution >= 4 is 47.1 Å². The molecule has 2 aliphatic rings. The average molecular weight is 621 g/mol. The third kappa shape index (κ3) is 4.78. The smallest absolute Gasteiger partial charge is 0.150 e. The van der Waals surface area contributed by atoms with Crippen LogP contribution in [0.25, 0.3) is 21.9 Å². The Bertz CT molecular complexity index is 2150. The molecule has 2 unspecified atom stereocenters. The van der Waals surface area contributed by atoms with Gasteiger partial charge in [-0.15, -0.1) is 0 Å². The molecule has 0 saturated heterocycles. The largest absolute Gasteiger partial charge is 0.298 e. The average Bonchev–Trinajstić information content (AvgIpc) is 3.16. The lowest BCUT2D eigenvalue weighted by molar-refractivity contribution is 0.111. The summed E-state index contributed by atoms with van der Waals surface area (Å²) in [6.45, 7) is 0. The first kappa shape index (κ1) is 29.2. The van der Waals surface area contributed by atoms with Crippen LogP contribution in [-0.2, 0) is 0 Å². The van der Waals surface area contributed by atoms with Crippen molar-refractivity contribution in [3.05, 3.63) is 200 Å². The third-order valence-corrected chi connectivity index (χ3v) is 9.72. The Hall–Kier alpha value is -6.26. The van der Waals surface area contributed by atoms with Gasteiger partial charge >= 0.3 is 0 Å². The number of hydrogen-bond acceptors (Lipinski definition) is 4. The van der Waals surface area contributed by atoms with E-state index in [4.69, 9.17) is 0 Å². The number of allylic oxidation sites excluding steroid dienone is 2. The molecule has 0 amide bonds. The fraction of sp³-hybridized carbons (Fsp3) is 0.0455. The Balaban J connectivity index is 1.42. The fourth-order valence-electron chi connectivity index (χ4n) is 7.31. The Kier molecular flexibility index (Phi) is 7.19. The van der Waals surface area contributed by atoms with Crippen molar-refractivity contribution in [2.24, 2.45) is 0 Å². The molecular weight excluding hydrogens is 592 g/mol. The first-order valence-electron chi connectivity index (χ1n) is 15.9. The van der Waals surface area contributed by atoms with E-state index in [0.29, 0.717) is 22.3 Å². The van der Waals surface area contributed by atoms with Crippen LogP contribution in [0.3, 0.4) is 0 Å². The number of hydrogen-bond donors (Lipinski definition) is 0. The second-order valence-corrected chi connectivity index (χ2v) is 12.3. The van der Waals surface area contributed by atoms with Gasteiger partial charge in [0.2, 0.25) is 0 Å². The molecule has 0 N–H and O–H groups in total. The third-order valence-electron chi connectivity index (χ3n) is 9.72. The van der Waals surface area contributed by atoms with Gasteiger partial charge in [0.1, 0.15) is 25.1 Å². The van der Waals surface area contributed by atoms with E-state index in [2.05, 4.69) is 36.4 Å². The summed E-state index contributed by atoms with van der Waals surface area (Å²) in [5.41, 5.74) is 13.4. The molecule has 4 nitrogen and oxygen atoms in total. The molecule has 2 atom stereocenters. The quantitative estimate of drug-likeness (QED) is 0.159. The van der Waals surface area contributed by atoms with Gasteiger partial charge < -0.3 is 0 Å². The van der Waals surface area contributed by atoms with Crippen LogP contribution in [0, 0.1) is 0 Å². The molecule has 6 aromatic rings. The molecular formula is C44H28O4. The topological polar surface area (TPSA) is 68.3 Å². The monoisotopic (exact) mass is 620 g/mol. The second-order valence-electron chi connectivity index (χ2n) is 12.3. The van der Waals surface area contributed by atoms with Crippen LogP contribution in [0.4, 0.5) is 0 Å². The van der Waals surface area contributed by atoms with E-state index in [1.807, 2.05) is 97.1 Å². The highest BCUT2D eigenvalue weighted by Gasteiger charge is 2.31. The van der Waals surface area contributed by atoms with Crippen LogP contribution in [0.15, 0.2) is 133 Å². The molecule has 8 rings (SSSR count). The van der Waals surface area contributed by atoms with Crippen LogP contribution in [0.2, 0.25) is 0 Å². The molecule has 0 radical (unpaired) electrons. The molecule has 0 saturated carbocycles. The van der Waals surface area contributed by atoms with Crippen molar-refractivity contribution < 1.29 is 19.2 Å². The zero-order chi connectivity index (χ0) is 32.8. The van der Waals surface area contributed by atoms with Gasteiger partial charge in [0.05, 0.1) is 0 Å². The number of carbonyl (C=O) groups is 4. The molecule has 0 aliphatic heterocycles. The van der Waals surface area contributed by atoms with Gasteiger partial charge in [-0.2, -0.15) is 0 Å². The van der Waals surface area contributed by atoms with Gasteiger partial charge in [-0.25, -0.2) is 0 Å². The maximum absolute atomic E-state index is 11.5. The van der Waals surface area contributed by atoms with Crippen molar-refractivity contribution in [3.8, 4) is 0 Å². The molecule has 48 heavy (non-hydrogen) atoms. The lowest BCUT2D eigenvalue weighted by atomic mass is 9.71. The fourth-order valence-corrected chi connectivity index (χ4v) is 7.31. The Labute approximate surface area is 277 Å². The summed E-state index contributed by atoms with van der Waals surface area (Å²) >= 11 is 0. The van der Waals surface area contributed by atoms with Crippen LogP contribution in [0.1, 0.15) is 97.8 Å². The zero-order valence-electron chi connectivity index (χ0n) is 25.8. The molecule has 0 bridgehead atoms. The van der Waals surface area contributed by atoms with Crippen LogP contribution in [-0.4, -0.2) is 25.1 Å². The molecule has 0 fully saturated rings. The van der Waals surface area contributed by atoms with Crippen molar-refractivity contribution in [1.82, 2.24) is 0 Å². The van der Waals surface area contributed by atoms with Crippen LogP contribution < -0.4 is 0 Å². The maximum Gasteiger partial charge on any atom is 0.150 e. The SMILES string of the molecule is O=Cc1ccc(C2=CC(c3ccc(C=O)cc3)c3ccc4c5c(ccc2c35)C(c2ccc(C=O)cc2)C=C4c2ccc(C=O)cc2)cc1. The molecule has 0 spiro atoms. The van der Waals surface area contributed by atoms with Gasteiger partial charge in [0, 0.05) is 34.1 Å². The Morgan fingerprint density at radius 1 is 0.354 bits per heavy atom. The first-order valence-corrected chi connectivity index (χ1v) is 15.9. The van der Waals surface area contributed by atoms with Crippen LogP contribution in [0.5, 0.6) is 0 Å². The highest BCUT2D eigenvalue weighted by Crippen LogP contribution is 2.51. The Morgan fingerprint density at radius 2 is 0.667 bits per heavy atom. The van der Waals surface area contributed by atoms with E-state index in [0.717, 1.165) is 80.4 Å². The first-order chi connectivity index (χ1) is 23.6. The molecule has 6 aromatic carbocycles. The van der Waals surface area contributed by atoms with Crippen molar-refractivity contribution in [2.75, 3.05) is 0 Å². The van der Waals surface area contributed by atoms with E-state index < -0.39 is 0 Å². The summed E-state index contributed by atoms with van der Waals surface area (Å²) in [6, 6.07) is 39.8. The van der Waals surface area contributed by atoms with Gasteiger partial charge in [-0.3, -0.25) is 19.2 Å². The predicted molar refractivity (Wildman–Crippen MR) is 189 cm³/mol. The van der Waals surface area contributed by atoms with Crippen LogP contribution >= 0.6 is 0 Å². The molecule has 4 heteroatoms. The van der Waals surface area contributed by atoms with Gasteiger partial charge in [0.25, 0.3) is 0 Å². The summed E-state index contributed by atoms with van der Waals surface area (Å²) in [7, 11) is 0. The van der Waals surface area contributed by atoms with Gasteiger partial charge in [-0.05, 0) is 66.4 Å². The number of benzene rings is 6. The molecule has 0 aromatic heterocycles. The second kappa shape index (κ2) is 11.8. The highest BCUT2D eigenvalue weighted by molar-refractivity contribution is 6.11. The van der Waals surface area contributed by atoms with E-state index in [-0.39, 0.29) is 11.8 Å². The van der Waals surface area contributed by atoms with E-state index in [9.17, 15) is 19.2 Å². The lowest BCUT2D eigenvalue weighted by Gasteiger charge is -2.32. The zero-order valence-corrected chi connectivity index (χ0v) is 25.8. The standard InChI is InChI=1S/C44H28O4/c45-23-27-1-9-31(10-2-27)39-21-40(32-11-3-28(24-46)4-12-32)36-19-20-38-42(34-15-7-30(26-48)8-16-34)22-41(33-13-5-29(25-47)6-14-33)37-18-17-35(39)43(36)44(37)38/h1-26,39,42H. The van der Waals surface area contributed by atoms with Crippen molar-refractivity contribution in [3.63, 3.8) is 0 Å². The summed E-state index contributed by atoms with van der Waals surface area (Å²) in [4.78, 5) is 46.0. The minimum absolute atomic E-state index is 0.0881. The van der Waals surface area contributed by atoms with E-state index >= 15 is 0 Å². The summed E-state index contributed by atoms with van der Waals surface area (Å²) in [5.74, 6) is -0.176. The van der Waals surface area contributed by atoms with E-state index in [1.165, 1.54) is 11.1 Å². The minimum Gasteiger partial charge on any atom is -0.298 e. The highest BCUT2D eigenvalue weighted by atomic mass is 16.1. The van der Waals surface area contributed by atoms with Crippen molar-refractivity contribution in [1.29, 1.82) is 0 Å². The summed E-state index contributed by atoms with van der Waals surface area (Å²) in [6.07, 6.45) is 8.01.